The molecule has 1 saturated carbocycles. The second-order valence-corrected chi connectivity index (χ2v) is 4.76. The standard InChI is InChI=1S/C12H23N3O2/c1-3-14-11(16)8-15(2)12(17)9-4-6-10(13)7-5-9/h9-10H,3-8,13H2,1-2H3,(H,14,16). The molecule has 0 heterocycles. The Morgan fingerprint density at radius 3 is 2.41 bits per heavy atom. The summed E-state index contributed by atoms with van der Waals surface area (Å²) in [5.41, 5.74) is 5.80. The van der Waals surface area contributed by atoms with E-state index in [0.717, 1.165) is 25.7 Å². The van der Waals surface area contributed by atoms with E-state index in [1.807, 2.05) is 6.92 Å². The zero-order valence-electron chi connectivity index (χ0n) is 10.7. The van der Waals surface area contributed by atoms with Crippen LogP contribution in [0.15, 0.2) is 0 Å². The van der Waals surface area contributed by atoms with E-state index in [1.165, 1.54) is 4.90 Å². The molecule has 17 heavy (non-hydrogen) atoms. The maximum absolute atomic E-state index is 12.0. The molecule has 5 heteroatoms. The highest BCUT2D eigenvalue weighted by Gasteiger charge is 2.27. The lowest BCUT2D eigenvalue weighted by atomic mass is 9.85. The van der Waals surface area contributed by atoms with Crippen molar-refractivity contribution in [2.45, 2.75) is 38.6 Å². The normalized spacial score (nSPS) is 24.2. The van der Waals surface area contributed by atoms with Gasteiger partial charge in [-0.2, -0.15) is 0 Å². The number of nitrogens with zero attached hydrogens (tertiary/aromatic N) is 1. The summed E-state index contributed by atoms with van der Waals surface area (Å²) < 4.78 is 0. The Kier molecular flexibility index (Phi) is 5.41. The van der Waals surface area contributed by atoms with Crippen LogP contribution in [0.25, 0.3) is 0 Å². The van der Waals surface area contributed by atoms with Crippen molar-refractivity contribution in [3.8, 4) is 0 Å². The van der Waals surface area contributed by atoms with Gasteiger partial charge in [0.25, 0.3) is 0 Å². The third-order valence-electron chi connectivity index (χ3n) is 3.25. The molecule has 3 N–H and O–H groups in total. The van der Waals surface area contributed by atoms with E-state index in [1.54, 1.807) is 7.05 Å². The molecule has 0 aromatic carbocycles. The van der Waals surface area contributed by atoms with E-state index in [0.29, 0.717) is 6.54 Å². The summed E-state index contributed by atoms with van der Waals surface area (Å²) in [6.45, 7) is 2.61. The Morgan fingerprint density at radius 1 is 1.29 bits per heavy atom. The van der Waals surface area contributed by atoms with Crippen LogP contribution in [-0.2, 0) is 9.59 Å². The van der Waals surface area contributed by atoms with Crippen molar-refractivity contribution in [1.29, 1.82) is 0 Å². The Hall–Kier alpha value is -1.10. The molecule has 1 fully saturated rings. The smallest absolute Gasteiger partial charge is 0.239 e. The molecular formula is C12H23N3O2. The molecular weight excluding hydrogens is 218 g/mol. The first kappa shape index (κ1) is 14.0. The van der Waals surface area contributed by atoms with Gasteiger partial charge in [0, 0.05) is 25.6 Å². The van der Waals surface area contributed by atoms with Gasteiger partial charge in [0.1, 0.15) is 0 Å². The van der Waals surface area contributed by atoms with Gasteiger partial charge < -0.3 is 16.0 Å². The fraction of sp³-hybridized carbons (Fsp3) is 0.833. The predicted molar refractivity (Wildman–Crippen MR) is 66.3 cm³/mol. The van der Waals surface area contributed by atoms with Crippen molar-refractivity contribution in [1.82, 2.24) is 10.2 Å². The molecule has 0 radical (unpaired) electrons. The first-order valence-electron chi connectivity index (χ1n) is 6.31. The number of carbonyl (C=O) groups is 2. The van der Waals surface area contributed by atoms with Crippen LogP contribution >= 0.6 is 0 Å². The summed E-state index contributed by atoms with van der Waals surface area (Å²) in [5, 5.41) is 2.69. The van der Waals surface area contributed by atoms with Gasteiger partial charge in [-0.25, -0.2) is 0 Å². The highest BCUT2D eigenvalue weighted by atomic mass is 16.2. The Labute approximate surface area is 103 Å². The van der Waals surface area contributed by atoms with Gasteiger partial charge in [0.05, 0.1) is 6.54 Å². The SMILES string of the molecule is CCNC(=O)CN(C)C(=O)C1CCC(N)CC1. The van der Waals surface area contributed by atoms with Gasteiger partial charge in [-0.15, -0.1) is 0 Å². The molecule has 0 spiro atoms. The summed E-state index contributed by atoms with van der Waals surface area (Å²) in [4.78, 5) is 24.9. The number of likely N-dealkylation sites (N-methyl/N-ethyl adjacent to an activating group) is 2. The van der Waals surface area contributed by atoms with Crippen molar-refractivity contribution in [3.63, 3.8) is 0 Å². The summed E-state index contributed by atoms with van der Waals surface area (Å²) in [7, 11) is 1.69. The minimum absolute atomic E-state index is 0.0502. The average Bonchev–Trinajstić information content (AvgIpc) is 2.29. The second-order valence-electron chi connectivity index (χ2n) is 4.76. The van der Waals surface area contributed by atoms with Crippen molar-refractivity contribution in [2.75, 3.05) is 20.1 Å². The molecule has 0 saturated heterocycles. The fourth-order valence-electron chi connectivity index (χ4n) is 2.22. The summed E-state index contributed by atoms with van der Waals surface area (Å²) >= 11 is 0. The molecule has 2 amide bonds. The molecule has 0 unspecified atom stereocenters. The van der Waals surface area contributed by atoms with Gasteiger partial charge >= 0.3 is 0 Å². The Morgan fingerprint density at radius 2 is 1.88 bits per heavy atom. The average molecular weight is 241 g/mol. The van der Waals surface area contributed by atoms with E-state index >= 15 is 0 Å². The van der Waals surface area contributed by atoms with Crippen LogP contribution in [0.5, 0.6) is 0 Å². The second kappa shape index (κ2) is 6.59. The van der Waals surface area contributed by atoms with Gasteiger partial charge in [-0.1, -0.05) is 0 Å². The number of rotatable bonds is 4. The molecule has 1 aliphatic rings. The minimum Gasteiger partial charge on any atom is -0.355 e. The largest absolute Gasteiger partial charge is 0.355 e. The van der Waals surface area contributed by atoms with Crippen molar-refractivity contribution in [3.05, 3.63) is 0 Å². The Bertz CT molecular complexity index is 273. The summed E-state index contributed by atoms with van der Waals surface area (Å²) in [5.74, 6) is 0.0215. The van der Waals surface area contributed by atoms with Crippen LogP contribution in [0, 0.1) is 5.92 Å². The number of hydrogen-bond acceptors (Lipinski definition) is 3. The molecule has 5 nitrogen and oxygen atoms in total. The lowest BCUT2D eigenvalue weighted by Crippen LogP contribution is -2.42. The van der Waals surface area contributed by atoms with Crippen LogP contribution in [0.3, 0.4) is 0 Å². The lowest BCUT2D eigenvalue weighted by Gasteiger charge is -2.28. The number of nitrogens with one attached hydrogen (secondary N) is 1. The van der Waals surface area contributed by atoms with Gasteiger partial charge in [0.2, 0.25) is 11.8 Å². The molecule has 1 rings (SSSR count). The van der Waals surface area contributed by atoms with E-state index in [-0.39, 0.29) is 30.3 Å². The van der Waals surface area contributed by atoms with Crippen molar-refractivity contribution < 1.29 is 9.59 Å². The fourth-order valence-corrected chi connectivity index (χ4v) is 2.22. The highest BCUT2D eigenvalue weighted by molar-refractivity contribution is 5.85. The van der Waals surface area contributed by atoms with Crippen LogP contribution < -0.4 is 11.1 Å². The van der Waals surface area contributed by atoms with Crippen LogP contribution in [-0.4, -0.2) is 42.9 Å². The third kappa shape index (κ3) is 4.34. The first-order valence-corrected chi connectivity index (χ1v) is 6.31. The van der Waals surface area contributed by atoms with E-state index in [9.17, 15) is 9.59 Å². The molecule has 98 valence electrons. The molecule has 1 aliphatic carbocycles. The third-order valence-corrected chi connectivity index (χ3v) is 3.25. The molecule has 0 aromatic rings. The lowest BCUT2D eigenvalue weighted by molar-refractivity contribution is -0.138. The maximum Gasteiger partial charge on any atom is 0.239 e. The first-order chi connectivity index (χ1) is 8.04. The molecule has 0 atom stereocenters. The number of nitrogens with two attached hydrogens (primary N) is 1. The maximum atomic E-state index is 12.0. The molecule has 0 aromatic heterocycles. The van der Waals surface area contributed by atoms with Crippen molar-refractivity contribution in [2.24, 2.45) is 11.7 Å². The highest BCUT2D eigenvalue weighted by Crippen LogP contribution is 2.24. The zero-order chi connectivity index (χ0) is 12.8. The number of carbonyl (C=O) groups excluding carboxylic acids is 2. The van der Waals surface area contributed by atoms with E-state index in [2.05, 4.69) is 5.32 Å². The zero-order valence-corrected chi connectivity index (χ0v) is 10.7. The number of hydrogen-bond donors (Lipinski definition) is 2. The minimum atomic E-state index is -0.101. The van der Waals surface area contributed by atoms with Gasteiger partial charge in [0.15, 0.2) is 0 Å². The summed E-state index contributed by atoms with van der Waals surface area (Å²) in [6, 6.07) is 0.243. The van der Waals surface area contributed by atoms with Crippen molar-refractivity contribution >= 4 is 11.8 Å². The van der Waals surface area contributed by atoms with Gasteiger partial charge in [-0.3, -0.25) is 9.59 Å². The van der Waals surface area contributed by atoms with Crippen LogP contribution in [0.2, 0.25) is 0 Å². The topological polar surface area (TPSA) is 75.4 Å². The Balaban J connectivity index is 2.38. The predicted octanol–water partition coefficient (Wildman–Crippen LogP) is 0.0984. The van der Waals surface area contributed by atoms with Crippen LogP contribution in [0.1, 0.15) is 32.6 Å². The van der Waals surface area contributed by atoms with Crippen LogP contribution in [0.4, 0.5) is 0 Å². The van der Waals surface area contributed by atoms with E-state index < -0.39 is 0 Å². The molecule has 0 aliphatic heterocycles. The molecule has 0 bridgehead atoms. The van der Waals surface area contributed by atoms with Gasteiger partial charge in [-0.05, 0) is 32.6 Å². The monoisotopic (exact) mass is 241 g/mol. The summed E-state index contributed by atoms with van der Waals surface area (Å²) in [6.07, 6.45) is 3.51. The van der Waals surface area contributed by atoms with E-state index in [4.69, 9.17) is 5.73 Å². The number of amides is 2. The quantitative estimate of drug-likeness (QED) is 0.733.